The number of carbonyl (C=O) groups is 1. The van der Waals surface area contributed by atoms with E-state index in [4.69, 9.17) is 20.8 Å². The second-order valence-electron chi connectivity index (χ2n) is 7.90. The van der Waals surface area contributed by atoms with Crippen molar-refractivity contribution in [2.75, 3.05) is 11.9 Å². The second-order valence-corrected chi connectivity index (χ2v) is 8.31. The van der Waals surface area contributed by atoms with Crippen LogP contribution in [0.5, 0.6) is 5.75 Å². The molecular formula is C26H25ClN2O3. The van der Waals surface area contributed by atoms with Crippen molar-refractivity contribution in [2.45, 2.75) is 33.1 Å². The summed E-state index contributed by atoms with van der Waals surface area (Å²) in [5.74, 6) is 1.26. The minimum atomic E-state index is -0.305. The van der Waals surface area contributed by atoms with Crippen LogP contribution in [0.25, 0.3) is 22.6 Å². The molecule has 0 bridgehead atoms. The van der Waals surface area contributed by atoms with Gasteiger partial charge in [-0.15, -0.1) is 0 Å². The first-order valence-electron chi connectivity index (χ1n) is 10.6. The molecule has 0 unspecified atom stereocenters. The highest BCUT2D eigenvalue weighted by Gasteiger charge is 2.14. The van der Waals surface area contributed by atoms with Gasteiger partial charge in [0.05, 0.1) is 10.7 Å². The van der Waals surface area contributed by atoms with E-state index >= 15 is 0 Å². The first kappa shape index (κ1) is 21.9. The number of anilines is 1. The first-order valence-corrected chi connectivity index (χ1v) is 11.0. The Kier molecular flexibility index (Phi) is 6.47. The maximum absolute atomic E-state index is 12.4. The van der Waals surface area contributed by atoms with E-state index in [0.717, 1.165) is 28.6 Å². The van der Waals surface area contributed by atoms with Crippen molar-refractivity contribution >= 4 is 34.3 Å². The van der Waals surface area contributed by atoms with Gasteiger partial charge in [-0.1, -0.05) is 49.2 Å². The van der Waals surface area contributed by atoms with Crippen LogP contribution in [0.3, 0.4) is 0 Å². The van der Waals surface area contributed by atoms with Gasteiger partial charge in [0.1, 0.15) is 11.3 Å². The van der Waals surface area contributed by atoms with Gasteiger partial charge in [0.15, 0.2) is 12.2 Å². The molecule has 1 aromatic heterocycles. The molecule has 1 amide bonds. The van der Waals surface area contributed by atoms with Crippen LogP contribution in [0.1, 0.15) is 37.3 Å². The van der Waals surface area contributed by atoms with Crippen LogP contribution in [-0.4, -0.2) is 17.5 Å². The lowest BCUT2D eigenvalue weighted by molar-refractivity contribution is -0.118. The zero-order valence-corrected chi connectivity index (χ0v) is 19.1. The van der Waals surface area contributed by atoms with Crippen LogP contribution in [0.15, 0.2) is 65.1 Å². The molecule has 0 aliphatic carbocycles. The molecule has 1 atom stereocenters. The van der Waals surface area contributed by atoms with Crippen LogP contribution in [0, 0.1) is 6.92 Å². The number of hydrogen-bond donors (Lipinski definition) is 1. The molecule has 4 rings (SSSR count). The van der Waals surface area contributed by atoms with E-state index in [9.17, 15) is 4.79 Å². The van der Waals surface area contributed by atoms with Crippen molar-refractivity contribution in [3.8, 4) is 17.2 Å². The van der Waals surface area contributed by atoms with Crippen molar-refractivity contribution < 1.29 is 13.9 Å². The van der Waals surface area contributed by atoms with Crippen molar-refractivity contribution in [3.63, 3.8) is 0 Å². The molecule has 1 heterocycles. The number of benzene rings is 3. The highest BCUT2D eigenvalue weighted by molar-refractivity contribution is 6.33. The third kappa shape index (κ3) is 4.94. The molecular weight excluding hydrogens is 424 g/mol. The third-order valence-corrected chi connectivity index (χ3v) is 5.80. The van der Waals surface area contributed by atoms with Gasteiger partial charge in [0.2, 0.25) is 5.89 Å². The minimum absolute atomic E-state index is 0.120. The van der Waals surface area contributed by atoms with E-state index in [-0.39, 0.29) is 12.5 Å². The minimum Gasteiger partial charge on any atom is -0.484 e. The highest BCUT2D eigenvalue weighted by atomic mass is 35.5. The fourth-order valence-corrected chi connectivity index (χ4v) is 3.50. The predicted molar refractivity (Wildman–Crippen MR) is 128 cm³/mol. The number of aromatic nitrogens is 1. The fraction of sp³-hybridized carbons (Fsp3) is 0.231. The summed E-state index contributed by atoms with van der Waals surface area (Å²) >= 11 is 6.31. The zero-order chi connectivity index (χ0) is 22.7. The molecule has 0 spiro atoms. The van der Waals surface area contributed by atoms with Crippen molar-refractivity contribution in [1.29, 1.82) is 0 Å². The largest absolute Gasteiger partial charge is 0.484 e. The van der Waals surface area contributed by atoms with Crippen LogP contribution in [-0.2, 0) is 4.79 Å². The number of hydrogen-bond acceptors (Lipinski definition) is 4. The lowest BCUT2D eigenvalue weighted by Gasteiger charge is -2.10. The monoisotopic (exact) mass is 448 g/mol. The SMILES string of the molecule is CC[C@@H](C)c1ccc2oc(-c3ccc(Cl)c(NC(=O)COc4ccc(C)cc4)c3)nc2c1. The van der Waals surface area contributed by atoms with Gasteiger partial charge < -0.3 is 14.5 Å². The number of rotatable bonds is 7. The third-order valence-electron chi connectivity index (χ3n) is 5.47. The van der Waals surface area contributed by atoms with Crippen LogP contribution < -0.4 is 10.1 Å². The fourth-order valence-electron chi connectivity index (χ4n) is 3.33. The Bertz CT molecular complexity index is 1250. The Labute approximate surface area is 192 Å². The van der Waals surface area contributed by atoms with Crippen LogP contribution in [0.4, 0.5) is 5.69 Å². The summed E-state index contributed by atoms with van der Waals surface area (Å²) in [6.07, 6.45) is 1.06. The summed E-state index contributed by atoms with van der Waals surface area (Å²) in [6, 6.07) is 18.9. The Morgan fingerprint density at radius 3 is 2.66 bits per heavy atom. The molecule has 0 fully saturated rings. The maximum Gasteiger partial charge on any atom is 0.262 e. The van der Waals surface area contributed by atoms with E-state index in [2.05, 4.69) is 36.3 Å². The Balaban J connectivity index is 1.50. The molecule has 5 nitrogen and oxygen atoms in total. The van der Waals surface area contributed by atoms with Crippen molar-refractivity contribution in [2.24, 2.45) is 0 Å². The molecule has 164 valence electrons. The summed E-state index contributed by atoms with van der Waals surface area (Å²) < 4.78 is 11.5. The lowest BCUT2D eigenvalue weighted by atomic mass is 9.98. The summed E-state index contributed by atoms with van der Waals surface area (Å²) in [5.41, 5.74) is 5.09. The molecule has 32 heavy (non-hydrogen) atoms. The number of fused-ring (bicyclic) bond motifs is 1. The normalized spacial score (nSPS) is 12.0. The smallest absolute Gasteiger partial charge is 0.262 e. The summed E-state index contributed by atoms with van der Waals surface area (Å²) in [6.45, 7) is 6.23. The highest BCUT2D eigenvalue weighted by Crippen LogP contribution is 2.31. The predicted octanol–water partition coefficient (Wildman–Crippen LogP) is 6.99. The van der Waals surface area contributed by atoms with Gasteiger partial charge in [0.25, 0.3) is 5.91 Å². The maximum atomic E-state index is 12.4. The van der Waals surface area contributed by atoms with E-state index in [1.54, 1.807) is 12.1 Å². The number of oxazole rings is 1. The van der Waals surface area contributed by atoms with Gasteiger partial charge in [-0.05, 0) is 67.3 Å². The number of nitrogens with zero attached hydrogens (tertiary/aromatic N) is 1. The molecule has 0 saturated heterocycles. The molecule has 3 aromatic carbocycles. The number of aryl methyl sites for hydroxylation is 1. The topological polar surface area (TPSA) is 64.4 Å². The number of halogens is 1. The number of nitrogens with one attached hydrogen (secondary N) is 1. The van der Waals surface area contributed by atoms with Gasteiger partial charge in [-0.25, -0.2) is 4.98 Å². The Morgan fingerprint density at radius 1 is 1.12 bits per heavy atom. The van der Waals surface area contributed by atoms with E-state index in [0.29, 0.717) is 28.3 Å². The molecule has 0 aliphatic heterocycles. The number of amides is 1. The molecule has 1 N–H and O–H groups in total. The van der Waals surface area contributed by atoms with Crippen molar-refractivity contribution in [3.05, 3.63) is 76.8 Å². The molecule has 0 saturated carbocycles. The Hall–Kier alpha value is -3.31. The van der Waals surface area contributed by atoms with Crippen LogP contribution in [0.2, 0.25) is 5.02 Å². The molecule has 4 aromatic rings. The van der Waals surface area contributed by atoms with Crippen LogP contribution >= 0.6 is 11.6 Å². The standard InChI is InChI=1S/C26H25ClN2O3/c1-4-17(3)18-8-12-24-23(13-18)29-26(32-24)19-7-11-21(27)22(14-19)28-25(30)15-31-20-9-5-16(2)6-10-20/h5-14,17H,4,15H2,1-3H3,(H,28,30)/t17-/m1/s1. The van der Waals surface area contributed by atoms with Gasteiger partial charge in [-0.3, -0.25) is 4.79 Å². The van der Waals surface area contributed by atoms with Gasteiger partial charge in [-0.2, -0.15) is 0 Å². The summed E-state index contributed by atoms with van der Waals surface area (Å²) in [4.78, 5) is 17.0. The average Bonchev–Trinajstić information content (AvgIpc) is 3.23. The summed E-state index contributed by atoms with van der Waals surface area (Å²) in [5, 5.41) is 3.23. The zero-order valence-electron chi connectivity index (χ0n) is 18.3. The first-order chi connectivity index (χ1) is 15.4. The van der Waals surface area contributed by atoms with Gasteiger partial charge >= 0.3 is 0 Å². The number of carbonyl (C=O) groups excluding carboxylic acids is 1. The van der Waals surface area contributed by atoms with E-state index < -0.39 is 0 Å². The molecule has 0 radical (unpaired) electrons. The van der Waals surface area contributed by atoms with Gasteiger partial charge in [0, 0.05) is 5.56 Å². The van der Waals surface area contributed by atoms with Crippen molar-refractivity contribution in [1.82, 2.24) is 4.98 Å². The summed E-state index contributed by atoms with van der Waals surface area (Å²) in [7, 11) is 0. The quantitative estimate of drug-likeness (QED) is 0.331. The second kappa shape index (κ2) is 9.45. The van der Waals surface area contributed by atoms with E-state index in [1.165, 1.54) is 5.56 Å². The Morgan fingerprint density at radius 2 is 1.91 bits per heavy atom. The lowest BCUT2D eigenvalue weighted by Crippen LogP contribution is -2.20. The molecule has 0 aliphatic rings. The molecule has 6 heteroatoms. The number of ether oxygens (including phenoxy) is 1. The average molecular weight is 449 g/mol. The van der Waals surface area contributed by atoms with E-state index in [1.807, 2.05) is 43.3 Å².